The number of carbonyl (C=O) groups excluding carboxylic acids is 2. The Morgan fingerprint density at radius 3 is 2.65 bits per heavy atom. The van der Waals surface area contributed by atoms with E-state index in [0.717, 1.165) is 29.3 Å². The Balaban J connectivity index is 1.97. The van der Waals surface area contributed by atoms with Gasteiger partial charge < -0.3 is 4.57 Å². The first-order chi connectivity index (χ1) is 11.1. The lowest BCUT2D eigenvalue weighted by atomic mass is 10.0. The fourth-order valence-electron chi connectivity index (χ4n) is 2.92. The van der Waals surface area contributed by atoms with Crippen molar-refractivity contribution in [2.45, 2.75) is 33.2 Å². The van der Waals surface area contributed by atoms with Gasteiger partial charge in [-0.1, -0.05) is 38.8 Å². The Hall–Kier alpha value is -2.01. The van der Waals surface area contributed by atoms with E-state index in [2.05, 4.69) is 42.1 Å². The van der Waals surface area contributed by atoms with Crippen LogP contribution in [0.5, 0.6) is 0 Å². The molecule has 2 heterocycles. The summed E-state index contributed by atoms with van der Waals surface area (Å²) in [7, 11) is 0. The predicted octanol–water partition coefficient (Wildman–Crippen LogP) is 4.40. The minimum absolute atomic E-state index is 0.306. The van der Waals surface area contributed by atoms with Crippen LogP contribution in [-0.2, 0) is 11.3 Å². The number of thioether (sulfide) groups is 1. The summed E-state index contributed by atoms with van der Waals surface area (Å²) in [5.74, 6) is 0.356. The molecule has 120 valence electrons. The van der Waals surface area contributed by atoms with Crippen molar-refractivity contribution in [3.8, 4) is 0 Å². The number of hydrogen-bond donors (Lipinski definition) is 1. The summed E-state index contributed by atoms with van der Waals surface area (Å²) in [6.07, 6.45) is 6.24. The lowest BCUT2D eigenvalue weighted by molar-refractivity contribution is -0.115. The van der Waals surface area contributed by atoms with E-state index in [4.69, 9.17) is 0 Å². The normalized spacial score (nSPS) is 16.7. The van der Waals surface area contributed by atoms with Crippen molar-refractivity contribution >= 4 is 39.9 Å². The molecule has 2 aromatic rings. The fourth-order valence-corrected chi connectivity index (χ4v) is 3.59. The third-order valence-corrected chi connectivity index (χ3v) is 5.20. The highest BCUT2D eigenvalue weighted by Crippen LogP contribution is 2.29. The number of hydrogen-bond acceptors (Lipinski definition) is 3. The third kappa shape index (κ3) is 3.20. The topological polar surface area (TPSA) is 51.1 Å². The standard InChI is InChI=1S/C18H20N2O2S/c1-3-12(4-2)11-20-9-8-14-13(6-5-7-15(14)20)10-16-17(21)19-18(22)23-16/h5-10,12H,3-4,11H2,1-2H3,(H,19,21,22). The molecule has 1 fully saturated rings. The lowest BCUT2D eigenvalue weighted by Gasteiger charge is -2.14. The van der Waals surface area contributed by atoms with Gasteiger partial charge in [-0.3, -0.25) is 14.9 Å². The summed E-state index contributed by atoms with van der Waals surface area (Å²) in [6, 6.07) is 8.17. The molecule has 1 aliphatic rings. The van der Waals surface area contributed by atoms with E-state index in [9.17, 15) is 9.59 Å². The van der Waals surface area contributed by atoms with Crippen LogP contribution in [0.4, 0.5) is 4.79 Å². The van der Waals surface area contributed by atoms with Crippen LogP contribution < -0.4 is 5.32 Å². The van der Waals surface area contributed by atoms with Crippen LogP contribution in [0.2, 0.25) is 0 Å². The molecule has 1 N–H and O–H groups in total. The number of rotatable bonds is 5. The first-order valence-corrected chi connectivity index (χ1v) is 8.76. The summed E-state index contributed by atoms with van der Waals surface area (Å²) < 4.78 is 2.28. The van der Waals surface area contributed by atoms with E-state index in [1.807, 2.05) is 12.1 Å². The molecule has 5 heteroatoms. The fraction of sp³-hybridized carbons (Fsp3) is 0.333. The minimum Gasteiger partial charge on any atom is -0.347 e. The molecule has 0 aliphatic carbocycles. The van der Waals surface area contributed by atoms with Crippen molar-refractivity contribution in [3.63, 3.8) is 0 Å². The van der Waals surface area contributed by atoms with E-state index in [1.54, 1.807) is 6.08 Å². The molecule has 1 saturated heterocycles. The van der Waals surface area contributed by atoms with Crippen LogP contribution in [0.3, 0.4) is 0 Å². The van der Waals surface area contributed by atoms with Gasteiger partial charge in [0.25, 0.3) is 11.1 Å². The zero-order valence-electron chi connectivity index (χ0n) is 13.3. The highest BCUT2D eigenvalue weighted by molar-refractivity contribution is 8.18. The molecular formula is C18H20N2O2S. The van der Waals surface area contributed by atoms with Gasteiger partial charge in [-0.2, -0.15) is 0 Å². The summed E-state index contributed by atoms with van der Waals surface area (Å²) in [6.45, 7) is 5.45. The molecular weight excluding hydrogens is 308 g/mol. The largest absolute Gasteiger partial charge is 0.347 e. The number of fused-ring (bicyclic) bond motifs is 1. The summed E-state index contributed by atoms with van der Waals surface area (Å²) in [5, 5.41) is 3.10. The smallest absolute Gasteiger partial charge is 0.290 e. The number of carbonyl (C=O) groups is 2. The van der Waals surface area contributed by atoms with E-state index in [-0.39, 0.29) is 11.1 Å². The minimum atomic E-state index is -0.312. The van der Waals surface area contributed by atoms with Gasteiger partial charge in [0, 0.05) is 23.6 Å². The van der Waals surface area contributed by atoms with Crippen LogP contribution in [0.1, 0.15) is 32.3 Å². The highest BCUT2D eigenvalue weighted by Gasteiger charge is 2.25. The zero-order chi connectivity index (χ0) is 16.4. The Kier molecular flexibility index (Phi) is 4.57. The molecule has 0 bridgehead atoms. The molecule has 1 aromatic carbocycles. The second kappa shape index (κ2) is 6.62. The highest BCUT2D eigenvalue weighted by atomic mass is 32.2. The summed E-state index contributed by atoms with van der Waals surface area (Å²) in [4.78, 5) is 23.5. The predicted molar refractivity (Wildman–Crippen MR) is 95.1 cm³/mol. The Morgan fingerprint density at radius 2 is 2.00 bits per heavy atom. The van der Waals surface area contributed by atoms with Crippen molar-refractivity contribution in [1.82, 2.24) is 9.88 Å². The van der Waals surface area contributed by atoms with Crippen LogP contribution in [0, 0.1) is 5.92 Å². The molecule has 2 amide bonds. The van der Waals surface area contributed by atoms with E-state index in [1.165, 1.54) is 18.4 Å². The Morgan fingerprint density at radius 1 is 1.22 bits per heavy atom. The van der Waals surface area contributed by atoms with E-state index < -0.39 is 0 Å². The van der Waals surface area contributed by atoms with Gasteiger partial charge in [0.15, 0.2) is 0 Å². The van der Waals surface area contributed by atoms with Gasteiger partial charge in [-0.05, 0) is 41.5 Å². The van der Waals surface area contributed by atoms with Crippen molar-refractivity contribution in [2.75, 3.05) is 0 Å². The average Bonchev–Trinajstić information content (AvgIpc) is 3.09. The van der Waals surface area contributed by atoms with Gasteiger partial charge in [-0.15, -0.1) is 0 Å². The van der Waals surface area contributed by atoms with Crippen LogP contribution in [0.15, 0.2) is 35.4 Å². The summed E-state index contributed by atoms with van der Waals surface area (Å²) >= 11 is 0.956. The number of amides is 2. The van der Waals surface area contributed by atoms with Gasteiger partial charge >= 0.3 is 0 Å². The van der Waals surface area contributed by atoms with Crippen molar-refractivity contribution < 1.29 is 9.59 Å². The molecule has 0 unspecified atom stereocenters. The Labute approximate surface area is 139 Å². The quantitative estimate of drug-likeness (QED) is 0.828. The van der Waals surface area contributed by atoms with Crippen molar-refractivity contribution in [1.29, 1.82) is 0 Å². The molecule has 1 aliphatic heterocycles. The molecule has 0 spiro atoms. The number of nitrogens with zero attached hydrogens (tertiary/aromatic N) is 1. The van der Waals surface area contributed by atoms with Crippen molar-refractivity contribution in [2.24, 2.45) is 5.92 Å². The molecule has 1 aromatic heterocycles. The summed E-state index contributed by atoms with van der Waals surface area (Å²) in [5.41, 5.74) is 2.14. The van der Waals surface area contributed by atoms with Gasteiger partial charge in [0.1, 0.15) is 0 Å². The first kappa shape index (κ1) is 15.9. The van der Waals surface area contributed by atoms with Crippen LogP contribution in [-0.4, -0.2) is 15.7 Å². The zero-order valence-corrected chi connectivity index (χ0v) is 14.2. The Bertz CT molecular complexity index is 787. The van der Waals surface area contributed by atoms with Gasteiger partial charge in [0.05, 0.1) is 4.91 Å². The second-order valence-electron chi connectivity index (χ2n) is 5.78. The molecule has 23 heavy (non-hydrogen) atoms. The third-order valence-electron chi connectivity index (χ3n) is 4.39. The maximum Gasteiger partial charge on any atom is 0.290 e. The molecule has 0 atom stereocenters. The molecule has 0 saturated carbocycles. The lowest BCUT2D eigenvalue weighted by Crippen LogP contribution is -2.17. The van der Waals surface area contributed by atoms with Crippen LogP contribution in [0.25, 0.3) is 17.0 Å². The molecule has 4 nitrogen and oxygen atoms in total. The maximum atomic E-state index is 11.7. The number of imide groups is 1. The number of aromatic nitrogens is 1. The van der Waals surface area contributed by atoms with Gasteiger partial charge in [-0.25, -0.2) is 0 Å². The monoisotopic (exact) mass is 328 g/mol. The van der Waals surface area contributed by atoms with E-state index in [0.29, 0.717) is 10.8 Å². The maximum absolute atomic E-state index is 11.7. The first-order valence-electron chi connectivity index (χ1n) is 7.95. The SMILES string of the molecule is CCC(CC)Cn1ccc2c(C=C3SC(=O)NC3=O)cccc21. The van der Waals surface area contributed by atoms with E-state index >= 15 is 0 Å². The van der Waals surface area contributed by atoms with Gasteiger partial charge in [0.2, 0.25) is 0 Å². The van der Waals surface area contributed by atoms with Crippen molar-refractivity contribution in [3.05, 3.63) is 40.9 Å². The van der Waals surface area contributed by atoms with Crippen LogP contribution >= 0.6 is 11.8 Å². The second-order valence-corrected chi connectivity index (χ2v) is 6.80. The number of benzene rings is 1. The average molecular weight is 328 g/mol. The molecule has 3 rings (SSSR count). The number of nitrogens with one attached hydrogen (secondary N) is 1. The molecule has 0 radical (unpaired) electrons.